The first-order valence-electron chi connectivity index (χ1n) is 9.62. The molecule has 8 heteroatoms. The van der Waals surface area contributed by atoms with Gasteiger partial charge in [-0.15, -0.1) is 0 Å². The zero-order valence-electron chi connectivity index (χ0n) is 16.7. The number of H-pyrrole nitrogens is 1. The van der Waals surface area contributed by atoms with Crippen molar-refractivity contribution in [2.45, 2.75) is 20.0 Å². The van der Waals surface area contributed by atoms with Crippen molar-refractivity contribution < 1.29 is 19.1 Å². The van der Waals surface area contributed by atoms with E-state index in [1.54, 1.807) is 13.0 Å². The number of nitrogens with one attached hydrogen (secondary N) is 2. The molecule has 2 aromatic carbocycles. The molecule has 1 heterocycles. The number of benzene rings is 2. The zero-order chi connectivity index (χ0) is 21.3. The molecular formula is C22H24N4O4. The number of carbonyl (C=O) groups excluding carboxylic acids is 2. The van der Waals surface area contributed by atoms with Crippen molar-refractivity contribution >= 4 is 28.9 Å². The van der Waals surface area contributed by atoms with Crippen molar-refractivity contribution in [3.63, 3.8) is 0 Å². The minimum absolute atomic E-state index is 0.0881. The van der Waals surface area contributed by atoms with E-state index in [9.17, 15) is 9.59 Å². The van der Waals surface area contributed by atoms with Gasteiger partial charge in [-0.25, -0.2) is 9.59 Å². The van der Waals surface area contributed by atoms with Gasteiger partial charge in [0.2, 0.25) is 0 Å². The van der Waals surface area contributed by atoms with Crippen LogP contribution in [0.5, 0.6) is 0 Å². The summed E-state index contributed by atoms with van der Waals surface area (Å²) in [5.74, 6) is 0.0881. The Labute approximate surface area is 174 Å². The molecule has 0 unspecified atom stereocenters. The number of amidine groups is 1. The van der Waals surface area contributed by atoms with Crippen molar-refractivity contribution in [2.75, 3.05) is 13.2 Å². The van der Waals surface area contributed by atoms with E-state index in [0.717, 1.165) is 22.0 Å². The first-order chi connectivity index (χ1) is 14.6. The van der Waals surface area contributed by atoms with Crippen LogP contribution in [0, 0.1) is 0 Å². The highest BCUT2D eigenvalue weighted by atomic mass is 16.5. The van der Waals surface area contributed by atoms with Gasteiger partial charge in [0.05, 0.1) is 6.61 Å². The van der Waals surface area contributed by atoms with Gasteiger partial charge in [-0.2, -0.15) is 4.99 Å². The molecule has 8 nitrogen and oxygen atoms in total. The van der Waals surface area contributed by atoms with Gasteiger partial charge in [-0.3, -0.25) is 0 Å². The van der Waals surface area contributed by atoms with Gasteiger partial charge in [0.25, 0.3) is 0 Å². The third-order valence-electron chi connectivity index (χ3n) is 4.42. The molecule has 0 bridgehead atoms. The fourth-order valence-electron chi connectivity index (χ4n) is 2.94. The molecule has 0 saturated heterocycles. The lowest BCUT2D eigenvalue weighted by molar-refractivity contribution is 0.140. The third kappa shape index (κ3) is 5.60. The van der Waals surface area contributed by atoms with Crippen LogP contribution in [0.3, 0.4) is 0 Å². The van der Waals surface area contributed by atoms with Gasteiger partial charge >= 0.3 is 12.2 Å². The normalized spacial score (nSPS) is 11.3. The largest absolute Gasteiger partial charge is 0.448 e. The van der Waals surface area contributed by atoms with Crippen molar-refractivity contribution in [3.8, 4) is 0 Å². The highest BCUT2D eigenvalue weighted by molar-refractivity contribution is 6.05. The number of aliphatic imine (C=N–C) groups is 1. The van der Waals surface area contributed by atoms with Crippen LogP contribution in [-0.4, -0.2) is 36.2 Å². The monoisotopic (exact) mass is 408 g/mol. The van der Waals surface area contributed by atoms with Gasteiger partial charge in [-0.05, 0) is 42.7 Å². The molecule has 4 N–H and O–H groups in total. The second-order valence-electron chi connectivity index (χ2n) is 6.51. The molecule has 2 amide bonds. The summed E-state index contributed by atoms with van der Waals surface area (Å²) in [5, 5.41) is 3.69. The van der Waals surface area contributed by atoms with E-state index in [1.807, 2.05) is 48.7 Å². The molecule has 0 aliphatic carbocycles. The number of alkyl carbamates (subject to hydrolysis) is 1. The van der Waals surface area contributed by atoms with Gasteiger partial charge in [0.1, 0.15) is 12.4 Å². The SMILES string of the molecule is CCOC(=O)N=C(N)c1ccc2[nH]cc(CCNC(=O)OCc3ccccc3)c2c1. The molecule has 1 aromatic heterocycles. The minimum atomic E-state index is -0.720. The minimum Gasteiger partial charge on any atom is -0.448 e. The Morgan fingerprint density at radius 3 is 2.70 bits per heavy atom. The molecule has 0 fully saturated rings. The Balaban J connectivity index is 1.58. The topological polar surface area (TPSA) is 119 Å². The molecule has 0 radical (unpaired) electrons. The summed E-state index contributed by atoms with van der Waals surface area (Å²) in [6.07, 6.45) is 1.29. The number of hydrogen-bond donors (Lipinski definition) is 3. The molecule has 0 aliphatic heterocycles. The Morgan fingerprint density at radius 1 is 1.13 bits per heavy atom. The molecule has 0 atom stereocenters. The van der Waals surface area contributed by atoms with Gasteiger partial charge in [0, 0.05) is 29.2 Å². The summed E-state index contributed by atoms with van der Waals surface area (Å²) >= 11 is 0. The van der Waals surface area contributed by atoms with E-state index in [-0.39, 0.29) is 19.0 Å². The van der Waals surface area contributed by atoms with Gasteiger partial charge in [0.15, 0.2) is 0 Å². The number of amides is 2. The Kier molecular flexibility index (Phi) is 7.05. The maximum atomic E-state index is 11.9. The summed E-state index contributed by atoms with van der Waals surface area (Å²) in [6, 6.07) is 15.0. The van der Waals surface area contributed by atoms with E-state index in [4.69, 9.17) is 15.2 Å². The van der Waals surface area contributed by atoms with E-state index in [0.29, 0.717) is 18.5 Å². The lowest BCUT2D eigenvalue weighted by Crippen LogP contribution is -2.26. The summed E-state index contributed by atoms with van der Waals surface area (Å²) in [5.41, 5.74) is 9.39. The van der Waals surface area contributed by atoms with Crippen LogP contribution in [0.2, 0.25) is 0 Å². The van der Waals surface area contributed by atoms with Crippen LogP contribution in [0.1, 0.15) is 23.6 Å². The molecule has 156 valence electrons. The molecular weight excluding hydrogens is 384 g/mol. The van der Waals surface area contributed by atoms with Crippen LogP contribution < -0.4 is 11.1 Å². The average molecular weight is 408 g/mol. The summed E-state index contributed by atoms with van der Waals surface area (Å²) in [7, 11) is 0. The maximum Gasteiger partial charge on any atom is 0.435 e. The first-order valence-corrected chi connectivity index (χ1v) is 9.62. The lowest BCUT2D eigenvalue weighted by atomic mass is 10.1. The predicted molar refractivity (Wildman–Crippen MR) is 114 cm³/mol. The van der Waals surface area contributed by atoms with Crippen LogP contribution >= 0.6 is 0 Å². The molecule has 3 rings (SSSR count). The lowest BCUT2D eigenvalue weighted by Gasteiger charge is -2.07. The zero-order valence-corrected chi connectivity index (χ0v) is 16.7. The predicted octanol–water partition coefficient (Wildman–Crippen LogP) is 3.50. The van der Waals surface area contributed by atoms with E-state index in [1.165, 1.54) is 0 Å². The smallest absolute Gasteiger partial charge is 0.435 e. The van der Waals surface area contributed by atoms with Crippen molar-refractivity contribution in [3.05, 3.63) is 71.4 Å². The fourth-order valence-corrected chi connectivity index (χ4v) is 2.94. The van der Waals surface area contributed by atoms with Crippen LogP contribution in [0.25, 0.3) is 10.9 Å². The number of hydrogen-bond acceptors (Lipinski definition) is 4. The number of nitrogens with zero attached hydrogens (tertiary/aromatic N) is 1. The maximum absolute atomic E-state index is 11.9. The molecule has 0 spiro atoms. The first kappa shape index (κ1) is 20.9. The molecule has 0 saturated carbocycles. The number of nitrogens with two attached hydrogens (primary N) is 1. The van der Waals surface area contributed by atoms with Crippen molar-refractivity contribution in [1.82, 2.24) is 10.3 Å². The third-order valence-corrected chi connectivity index (χ3v) is 4.42. The fraction of sp³-hybridized carbons (Fsp3) is 0.227. The van der Waals surface area contributed by atoms with Crippen molar-refractivity contribution in [2.24, 2.45) is 10.7 Å². The molecule has 0 aliphatic rings. The number of ether oxygens (including phenoxy) is 2. The van der Waals surface area contributed by atoms with E-state index < -0.39 is 12.2 Å². The quantitative estimate of drug-likeness (QED) is 0.408. The molecule has 30 heavy (non-hydrogen) atoms. The number of carbonyl (C=O) groups is 2. The van der Waals surface area contributed by atoms with Gasteiger partial charge in [-0.1, -0.05) is 30.3 Å². The van der Waals surface area contributed by atoms with E-state index in [2.05, 4.69) is 15.3 Å². The summed E-state index contributed by atoms with van der Waals surface area (Å²) in [6.45, 7) is 2.57. The van der Waals surface area contributed by atoms with Crippen molar-refractivity contribution in [1.29, 1.82) is 0 Å². The highest BCUT2D eigenvalue weighted by Crippen LogP contribution is 2.20. The standard InChI is InChI=1S/C22H24N4O4/c1-2-29-22(28)26-20(23)16-8-9-19-18(12-16)17(13-25-19)10-11-24-21(27)30-14-15-6-4-3-5-7-15/h3-9,12-13,25H,2,10-11,14H2,1H3,(H,24,27)(H2,23,26,28). The number of fused-ring (bicyclic) bond motifs is 1. The highest BCUT2D eigenvalue weighted by Gasteiger charge is 2.09. The Hall–Kier alpha value is -3.81. The van der Waals surface area contributed by atoms with Gasteiger partial charge < -0.3 is 25.5 Å². The second-order valence-corrected chi connectivity index (χ2v) is 6.51. The summed E-state index contributed by atoms with van der Waals surface area (Å²) in [4.78, 5) is 30.3. The Bertz CT molecular complexity index is 1040. The van der Waals surface area contributed by atoms with Crippen LogP contribution in [0.4, 0.5) is 9.59 Å². The Morgan fingerprint density at radius 2 is 1.93 bits per heavy atom. The van der Waals surface area contributed by atoms with E-state index >= 15 is 0 Å². The number of aromatic nitrogens is 1. The number of rotatable bonds is 7. The van der Waals surface area contributed by atoms with Crippen LogP contribution in [-0.2, 0) is 22.5 Å². The summed E-state index contributed by atoms with van der Waals surface area (Å²) < 4.78 is 10.00. The molecule has 3 aromatic rings. The van der Waals surface area contributed by atoms with Crippen LogP contribution in [0.15, 0.2) is 59.7 Å². The number of aromatic amines is 1. The second kappa shape index (κ2) is 10.1. The average Bonchev–Trinajstić information content (AvgIpc) is 3.15.